The highest BCUT2D eigenvalue weighted by molar-refractivity contribution is 9.10. The standard InChI is InChI=1S/C28H32BrN3O5S/c1-4-37-25-14-12-24(13-15-25)32(38(35,36)26-16-10-23(29)11-17-26)20-27(33)31(21(2)28(34)30-3)19-18-22-8-6-5-7-9-22/h5-17,21H,4,18-20H2,1-3H3,(H,30,34)/t21-/m1/s1. The summed E-state index contributed by atoms with van der Waals surface area (Å²) in [6, 6.07) is 21.5. The van der Waals surface area contributed by atoms with Crippen molar-refractivity contribution in [1.29, 1.82) is 0 Å². The number of nitrogens with zero attached hydrogens (tertiary/aromatic N) is 2. The minimum atomic E-state index is -4.12. The average Bonchev–Trinajstić information content (AvgIpc) is 2.92. The van der Waals surface area contributed by atoms with Crippen molar-refractivity contribution in [3.8, 4) is 5.75 Å². The number of likely N-dealkylation sites (N-methyl/N-ethyl adjacent to an activating group) is 1. The van der Waals surface area contributed by atoms with Crippen molar-refractivity contribution in [3.05, 3.63) is 88.9 Å². The molecule has 0 aromatic heterocycles. The monoisotopic (exact) mass is 601 g/mol. The molecule has 38 heavy (non-hydrogen) atoms. The number of anilines is 1. The van der Waals surface area contributed by atoms with E-state index in [0.29, 0.717) is 24.5 Å². The second-order valence-corrected chi connectivity index (χ2v) is 11.3. The Morgan fingerprint density at radius 2 is 1.61 bits per heavy atom. The highest BCUT2D eigenvalue weighted by Crippen LogP contribution is 2.27. The number of hydrogen-bond acceptors (Lipinski definition) is 5. The molecule has 0 heterocycles. The van der Waals surface area contributed by atoms with E-state index in [9.17, 15) is 18.0 Å². The number of carbonyl (C=O) groups is 2. The van der Waals surface area contributed by atoms with E-state index in [1.54, 1.807) is 43.3 Å². The van der Waals surface area contributed by atoms with Crippen molar-refractivity contribution >= 4 is 43.5 Å². The van der Waals surface area contributed by atoms with E-state index in [1.165, 1.54) is 24.1 Å². The Bertz CT molecular complexity index is 1320. The Morgan fingerprint density at radius 1 is 0.974 bits per heavy atom. The highest BCUT2D eigenvalue weighted by Gasteiger charge is 2.32. The fourth-order valence-corrected chi connectivity index (χ4v) is 5.60. The topological polar surface area (TPSA) is 96.0 Å². The van der Waals surface area contributed by atoms with Gasteiger partial charge in [0.05, 0.1) is 17.2 Å². The predicted octanol–water partition coefficient (Wildman–Crippen LogP) is 4.25. The second kappa shape index (κ2) is 13.4. The van der Waals surface area contributed by atoms with E-state index in [2.05, 4.69) is 21.2 Å². The van der Waals surface area contributed by atoms with E-state index in [4.69, 9.17) is 4.74 Å². The van der Waals surface area contributed by atoms with Crippen LogP contribution in [0.4, 0.5) is 5.69 Å². The van der Waals surface area contributed by atoms with Gasteiger partial charge in [-0.2, -0.15) is 0 Å². The number of halogens is 1. The third-order valence-corrected chi connectivity index (χ3v) is 8.33. The summed E-state index contributed by atoms with van der Waals surface area (Å²) in [5, 5.41) is 2.58. The molecule has 0 aliphatic rings. The number of sulfonamides is 1. The first kappa shape index (κ1) is 29.2. The third kappa shape index (κ3) is 7.35. The van der Waals surface area contributed by atoms with Crippen LogP contribution in [-0.2, 0) is 26.0 Å². The molecule has 0 saturated heterocycles. The Balaban J connectivity index is 1.97. The molecule has 3 aromatic carbocycles. The van der Waals surface area contributed by atoms with Gasteiger partial charge in [-0.1, -0.05) is 46.3 Å². The number of amides is 2. The van der Waals surface area contributed by atoms with Crippen LogP contribution in [-0.4, -0.2) is 57.9 Å². The fourth-order valence-electron chi connectivity index (χ4n) is 3.92. The normalized spacial score (nSPS) is 11.9. The molecule has 3 aromatic rings. The highest BCUT2D eigenvalue weighted by atomic mass is 79.9. The van der Waals surface area contributed by atoms with Crippen LogP contribution in [0.3, 0.4) is 0 Å². The lowest BCUT2D eigenvalue weighted by molar-refractivity contribution is -0.138. The van der Waals surface area contributed by atoms with Crippen LogP contribution in [0.2, 0.25) is 0 Å². The zero-order chi connectivity index (χ0) is 27.7. The number of nitrogens with one attached hydrogen (secondary N) is 1. The van der Waals surface area contributed by atoms with Gasteiger partial charge in [0.25, 0.3) is 10.0 Å². The van der Waals surface area contributed by atoms with Crippen molar-refractivity contribution < 1.29 is 22.7 Å². The lowest BCUT2D eigenvalue weighted by atomic mass is 10.1. The van der Waals surface area contributed by atoms with Gasteiger partial charge in [0.2, 0.25) is 11.8 Å². The lowest BCUT2D eigenvalue weighted by Crippen LogP contribution is -2.51. The summed E-state index contributed by atoms with van der Waals surface area (Å²) in [5.41, 5.74) is 1.31. The van der Waals surface area contributed by atoms with Crippen molar-refractivity contribution in [2.45, 2.75) is 31.2 Å². The molecule has 0 bridgehead atoms. The predicted molar refractivity (Wildman–Crippen MR) is 152 cm³/mol. The maximum absolute atomic E-state index is 13.8. The fraction of sp³-hybridized carbons (Fsp3) is 0.286. The zero-order valence-electron chi connectivity index (χ0n) is 21.6. The van der Waals surface area contributed by atoms with E-state index in [0.717, 1.165) is 14.3 Å². The second-order valence-electron chi connectivity index (χ2n) is 8.51. The van der Waals surface area contributed by atoms with Gasteiger partial charge in [-0.25, -0.2) is 8.42 Å². The smallest absolute Gasteiger partial charge is 0.264 e. The van der Waals surface area contributed by atoms with Crippen LogP contribution < -0.4 is 14.4 Å². The number of hydrogen-bond donors (Lipinski definition) is 1. The molecule has 0 saturated carbocycles. The van der Waals surface area contributed by atoms with Crippen LogP contribution in [0.1, 0.15) is 19.4 Å². The summed E-state index contributed by atoms with van der Waals surface area (Å²) >= 11 is 3.33. The molecule has 3 rings (SSSR count). The van der Waals surface area contributed by atoms with Crippen LogP contribution in [0, 0.1) is 0 Å². The van der Waals surface area contributed by atoms with Crippen molar-refractivity contribution in [3.63, 3.8) is 0 Å². The summed E-state index contributed by atoms with van der Waals surface area (Å²) in [7, 11) is -2.62. The van der Waals surface area contributed by atoms with Gasteiger partial charge in [0, 0.05) is 18.1 Å². The molecule has 0 spiro atoms. The largest absolute Gasteiger partial charge is 0.494 e. The SMILES string of the molecule is CCOc1ccc(N(CC(=O)N(CCc2ccccc2)[C@H](C)C(=O)NC)S(=O)(=O)c2ccc(Br)cc2)cc1. The summed E-state index contributed by atoms with van der Waals surface area (Å²) in [6.07, 6.45) is 0.510. The van der Waals surface area contributed by atoms with Crippen LogP contribution in [0.25, 0.3) is 0 Å². The zero-order valence-corrected chi connectivity index (χ0v) is 24.0. The van der Waals surface area contributed by atoms with E-state index >= 15 is 0 Å². The minimum Gasteiger partial charge on any atom is -0.494 e. The van der Waals surface area contributed by atoms with E-state index in [1.807, 2.05) is 37.3 Å². The molecule has 0 aliphatic carbocycles. The van der Waals surface area contributed by atoms with Crippen molar-refractivity contribution in [1.82, 2.24) is 10.2 Å². The average molecular weight is 603 g/mol. The Labute approximate surface area is 232 Å². The first-order valence-corrected chi connectivity index (χ1v) is 14.5. The maximum atomic E-state index is 13.8. The van der Waals surface area contributed by atoms with Crippen LogP contribution in [0.5, 0.6) is 5.75 Å². The first-order chi connectivity index (χ1) is 18.2. The summed E-state index contributed by atoms with van der Waals surface area (Å²) < 4.78 is 34.9. The van der Waals surface area contributed by atoms with Gasteiger partial charge in [-0.3, -0.25) is 13.9 Å². The molecule has 0 radical (unpaired) electrons. The molecule has 1 atom stereocenters. The number of ether oxygens (including phenoxy) is 1. The molecule has 0 unspecified atom stereocenters. The number of carbonyl (C=O) groups excluding carboxylic acids is 2. The molecule has 202 valence electrons. The summed E-state index contributed by atoms with van der Waals surface area (Å²) in [5.74, 6) is -0.248. The molecular weight excluding hydrogens is 570 g/mol. The first-order valence-electron chi connectivity index (χ1n) is 12.2. The number of rotatable bonds is 12. The molecule has 0 fully saturated rings. The lowest BCUT2D eigenvalue weighted by Gasteiger charge is -2.31. The molecule has 10 heteroatoms. The Kier molecular flexibility index (Phi) is 10.3. The van der Waals surface area contributed by atoms with Gasteiger partial charge >= 0.3 is 0 Å². The molecular formula is C28H32BrN3O5S. The van der Waals surface area contributed by atoms with E-state index in [-0.39, 0.29) is 17.3 Å². The van der Waals surface area contributed by atoms with Crippen molar-refractivity contribution in [2.24, 2.45) is 0 Å². The van der Waals surface area contributed by atoms with Gasteiger partial charge < -0.3 is 15.0 Å². The quantitative estimate of drug-likeness (QED) is 0.335. The molecule has 1 N–H and O–H groups in total. The van der Waals surface area contributed by atoms with Gasteiger partial charge in [0.15, 0.2) is 0 Å². The van der Waals surface area contributed by atoms with E-state index < -0.39 is 28.5 Å². The molecule has 2 amide bonds. The Hall–Kier alpha value is -3.37. The molecule has 0 aliphatic heterocycles. The maximum Gasteiger partial charge on any atom is 0.264 e. The van der Waals surface area contributed by atoms with Gasteiger partial charge in [0.1, 0.15) is 18.3 Å². The van der Waals surface area contributed by atoms with Gasteiger partial charge in [-0.05, 0) is 74.4 Å². The van der Waals surface area contributed by atoms with Crippen LogP contribution >= 0.6 is 15.9 Å². The molecule has 8 nitrogen and oxygen atoms in total. The summed E-state index contributed by atoms with van der Waals surface area (Å²) in [4.78, 5) is 27.7. The minimum absolute atomic E-state index is 0.0394. The van der Waals surface area contributed by atoms with Gasteiger partial charge in [-0.15, -0.1) is 0 Å². The number of benzene rings is 3. The van der Waals surface area contributed by atoms with Crippen molar-refractivity contribution in [2.75, 3.05) is 31.0 Å². The van der Waals surface area contributed by atoms with Crippen LogP contribution in [0.15, 0.2) is 88.2 Å². The summed E-state index contributed by atoms with van der Waals surface area (Å²) in [6.45, 7) is 3.71. The Morgan fingerprint density at radius 3 is 2.18 bits per heavy atom. The third-order valence-electron chi connectivity index (χ3n) is 6.01.